The van der Waals surface area contributed by atoms with Crippen LogP contribution in [0.5, 0.6) is 5.75 Å². The highest BCUT2D eigenvalue weighted by Gasteiger charge is 2.28. The lowest BCUT2D eigenvalue weighted by molar-refractivity contribution is -0.142. The fourth-order valence-corrected chi connectivity index (χ4v) is 1.89. The van der Waals surface area contributed by atoms with Crippen molar-refractivity contribution >= 4 is 5.97 Å². The Hall–Kier alpha value is -2.31. The van der Waals surface area contributed by atoms with E-state index in [1.807, 2.05) is 24.5 Å². The number of phenols is 1. The smallest absolute Gasteiger partial charge is 0.323 e. The molecule has 1 aromatic carbocycles. The minimum absolute atomic E-state index is 0. The minimum atomic E-state index is -1.35. The third kappa shape index (κ3) is 3.17. The lowest BCUT2D eigenvalue weighted by Crippen LogP contribution is -2.46. The van der Waals surface area contributed by atoms with Crippen molar-refractivity contribution in [3.8, 4) is 11.4 Å². The van der Waals surface area contributed by atoms with Crippen LogP contribution >= 0.6 is 0 Å². The standard InChI is InChI=1S/C14H16N2O3.H2O/c1-14(15,13(18)19)9-10-4-5-11(12(17)8-10)16-6-2-3-7-16;/h2-8,17H,9,15H2,1H3,(H,18,19);1H2/t14-;/m1./s1. The summed E-state index contributed by atoms with van der Waals surface area (Å²) in [5, 5.41) is 19.0. The van der Waals surface area contributed by atoms with Crippen molar-refractivity contribution in [2.24, 2.45) is 5.73 Å². The molecule has 0 fully saturated rings. The molecule has 1 aromatic heterocycles. The number of hydrogen-bond donors (Lipinski definition) is 3. The lowest BCUT2D eigenvalue weighted by atomic mass is 9.94. The molecular formula is C14H18N2O4. The highest BCUT2D eigenvalue weighted by molar-refractivity contribution is 5.78. The van der Waals surface area contributed by atoms with Gasteiger partial charge in [-0.3, -0.25) is 4.79 Å². The van der Waals surface area contributed by atoms with Gasteiger partial charge in [-0.2, -0.15) is 0 Å². The van der Waals surface area contributed by atoms with Gasteiger partial charge in [0.1, 0.15) is 11.3 Å². The second-order valence-corrected chi connectivity index (χ2v) is 4.81. The first-order valence-electron chi connectivity index (χ1n) is 5.88. The summed E-state index contributed by atoms with van der Waals surface area (Å²) in [6.45, 7) is 1.45. The molecule has 6 heteroatoms. The van der Waals surface area contributed by atoms with E-state index >= 15 is 0 Å². The van der Waals surface area contributed by atoms with E-state index in [2.05, 4.69) is 0 Å². The topological polar surface area (TPSA) is 120 Å². The number of carboxylic acid groups (broad SMARTS) is 1. The van der Waals surface area contributed by atoms with Gasteiger partial charge in [-0.15, -0.1) is 0 Å². The molecule has 2 aromatic rings. The van der Waals surface area contributed by atoms with Gasteiger partial charge in [0.25, 0.3) is 0 Å². The van der Waals surface area contributed by atoms with Crippen LogP contribution in [0.1, 0.15) is 12.5 Å². The number of nitrogens with zero attached hydrogens (tertiary/aromatic N) is 1. The zero-order chi connectivity index (χ0) is 14.0. The molecule has 0 saturated carbocycles. The summed E-state index contributed by atoms with van der Waals surface area (Å²) in [6.07, 6.45) is 3.79. The van der Waals surface area contributed by atoms with Gasteiger partial charge in [-0.05, 0) is 36.8 Å². The molecule has 0 bridgehead atoms. The Balaban J connectivity index is 0.00000200. The first-order valence-corrected chi connectivity index (χ1v) is 5.88. The number of carboxylic acids is 1. The molecule has 0 saturated heterocycles. The fraction of sp³-hybridized carbons (Fsp3) is 0.214. The maximum atomic E-state index is 11.0. The van der Waals surface area contributed by atoms with Crippen molar-refractivity contribution in [2.45, 2.75) is 18.9 Å². The number of benzene rings is 1. The molecular weight excluding hydrogens is 260 g/mol. The van der Waals surface area contributed by atoms with Crippen LogP contribution in [-0.2, 0) is 11.2 Å². The third-order valence-corrected chi connectivity index (χ3v) is 2.98. The minimum Gasteiger partial charge on any atom is -0.506 e. The van der Waals surface area contributed by atoms with Gasteiger partial charge in [-0.1, -0.05) is 6.07 Å². The summed E-state index contributed by atoms with van der Waals surface area (Å²) in [4.78, 5) is 11.0. The number of nitrogens with two attached hydrogens (primary N) is 1. The zero-order valence-electron chi connectivity index (χ0n) is 11.1. The number of aromatic hydroxyl groups is 1. The predicted molar refractivity (Wildman–Crippen MR) is 75.0 cm³/mol. The normalized spacial score (nSPS) is 13.3. The fourth-order valence-electron chi connectivity index (χ4n) is 1.89. The second kappa shape index (κ2) is 5.77. The quantitative estimate of drug-likeness (QED) is 0.762. The Bertz CT molecular complexity index is 591. The summed E-state index contributed by atoms with van der Waals surface area (Å²) >= 11 is 0. The summed E-state index contributed by atoms with van der Waals surface area (Å²) in [5.41, 5.74) is 5.66. The summed E-state index contributed by atoms with van der Waals surface area (Å²) in [6, 6.07) is 8.76. The summed E-state index contributed by atoms with van der Waals surface area (Å²) in [7, 11) is 0. The van der Waals surface area contributed by atoms with Crippen molar-refractivity contribution < 1.29 is 20.5 Å². The highest BCUT2D eigenvalue weighted by Crippen LogP contribution is 2.24. The first kappa shape index (κ1) is 15.7. The average Bonchev–Trinajstić information content (AvgIpc) is 2.81. The van der Waals surface area contributed by atoms with Crippen LogP contribution in [0.2, 0.25) is 0 Å². The largest absolute Gasteiger partial charge is 0.506 e. The Labute approximate surface area is 116 Å². The Morgan fingerprint density at radius 3 is 2.45 bits per heavy atom. The number of hydrogen-bond acceptors (Lipinski definition) is 3. The van der Waals surface area contributed by atoms with E-state index < -0.39 is 11.5 Å². The van der Waals surface area contributed by atoms with Crippen molar-refractivity contribution in [3.05, 3.63) is 48.3 Å². The molecule has 2 rings (SSSR count). The number of phenolic OH excluding ortho intramolecular Hbond substituents is 1. The molecule has 0 aliphatic heterocycles. The zero-order valence-corrected chi connectivity index (χ0v) is 11.1. The van der Waals surface area contributed by atoms with Gasteiger partial charge in [0, 0.05) is 18.8 Å². The molecule has 6 N–H and O–H groups in total. The van der Waals surface area contributed by atoms with E-state index in [0.717, 1.165) is 0 Å². The van der Waals surface area contributed by atoms with E-state index in [1.165, 1.54) is 6.92 Å². The van der Waals surface area contributed by atoms with Gasteiger partial charge in [0.2, 0.25) is 0 Å². The molecule has 0 unspecified atom stereocenters. The van der Waals surface area contributed by atoms with Crippen LogP contribution in [0.25, 0.3) is 5.69 Å². The highest BCUT2D eigenvalue weighted by atomic mass is 16.4. The first-order chi connectivity index (χ1) is 8.90. The lowest BCUT2D eigenvalue weighted by Gasteiger charge is -2.19. The number of carbonyl (C=O) groups is 1. The SMILES string of the molecule is C[C@@](N)(Cc1ccc(-n2cccc2)c(O)c1)C(=O)O.O. The second-order valence-electron chi connectivity index (χ2n) is 4.81. The van der Waals surface area contributed by atoms with Crippen LogP contribution in [0, 0.1) is 0 Å². The molecule has 1 heterocycles. The van der Waals surface area contributed by atoms with Crippen LogP contribution in [0.15, 0.2) is 42.7 Å². The van der Waals surface area contributed by atoms with E-state index in [4.69, 9.17) is 10.8 Å². The summed E-state index contributed by atoms with van der Waals surface area (Å²) < 4.78 is 1.78. The maximum Gasteiger partial charge on any atom is 0.323 e. The van der Waals surface area contributed by atoms with Crippen LogP contribution < -0.4 is 5.73 Å². The molecule has 108 valence electrons. The van der Waals surface area contributed by atoms with Crippen LogP contribution in [0.4, 0.5) is 0 Å². The number of rotatable bonds is 4. The molecule has 0 aliphatic carbocycles. The monoisotopic (exact) mass is 278 g/mol. The molecule has 0 spiro atoms. The Morgan fingerprint density at radius 1 is 1.35 bits per heavy atom. The third-order valence-electron chi connectivity index (χ3n) is 2.98. The Kier molecular flexibility index (Phi) is 4.54. The van der Waals surface area contributed by atoms with E-state index in [0.29, 0.717) is 11.3 Å². The number of aliphatic carboxylic acids is 1. The molecule has 0 radical (unpaired) electrons. The van der Waals surface area contributed by atoms with Gasteiger partial charge < -0.3 is 26.0 Å². The molecule has 6 nitrogen and oxygen atoms in total. The average molecular weight is 278 g/mol. The van der Waals surface area contributed by atoms with Crippen molar-refractivity contribution in [2.75, 3.05) is 0 Å². The van der Waals surface area contributed by atoms with Gasteiger partial charge >= 0.3 is 5.97 Å². The van der Waals surface area contributed by atoms with Crippen LogP contribution in [-0.4, -0.2) is 31.8 Å². The van der Waals surface area contributed by atoms with E-state index in [9.17, 15) is 9.90 Å². The number of aromatic nitrogens is 1. The molecule has 1 atom stereocenters. The van der Waals surface area contributed by atoms with Crippen molar-refractivity contribution in [3.63, 3.8) is 0 Å². The molecule has 0 aliphatic rings. The van der Waals surface area contributed by atoms with Crippen molar-refractivity contribution in [1.82, 2.24) is 4.57 Å². The maximum absolute atomic E-state index is 11.0. The Morgan fingerprint density at radius 2 is 1.95 bits per heavy atom. The van der Waals surface area contributed by atoms with E-state index in [-0.39, 0.29) is 17.6 Å². The summed E-state index contributed by atoms with van der Waals surface area (Å²) in [5.74, 6) is -0.976. The van der Waals surface area contributed by atoms with Gasteiger partial charge in [0.15, 0.2) is 0 Å². The van der Waals surface area contributed by atoms with E-state index in [1.54, 1.807) is 22.8 Å². The van der Waals surface area contributed by atoms with Gasteiger partial charge in [0.05, 0.1) is 5.69 Å². The predicted octanol–water partition coefficient (Wildman–Crippen LogP) is 0.703. The van der Waals surface area contributed by atoms with Crippen molar-refractivity contribution in [1.29, 1.82) is 0 Å². The van der Waals surface area contributed by atoms with Crippen LogP contribution in [0.3, 0.4) is 0 Å². The van der Waals surface area contributed by atoms with Gasteiger partial charge in [-0.25, -0.2) is 0 Å². The molecule has 0 amide bonds. The molecule has 20 heavy (non-hydrogen) atoms.